The zero-order valence-corrected chi connectivity index (χ0v) is 9.14. The lowest BCUT2D eigenvalue weighted by Gasteiger charge is -2.21. The van der Waals surface area contributed by atoms with Crippen LogP contribution in [0, 0.1) is 0 Å². The first-order valence-corrected chi connectivity index (χ1v) is 4.72. The molecule has 0 rings (SSSR count). The maximum absolute atomic E-state index is 10.5. The standard InChI is InChI=1S/C9H18N2O4/c1-10(2)5-6-11(7-9(14)15)4-3-8(12)13/h3-7H2,1-2H3,(H,12,13)(H,14,15). The molecule has 15 heavy (non-hydrogen) atoms. The van der Waals surface area contributed by atoms with Crippen LogP contribution < -0.4 is 0 Å². The first kappa shape index (κ1) is 13.9. The molecule has 0 atom stereocenters. The van der Waals surface area contributed by atoms with E-state index < -0.39 is 11.9 Å². The van der Waals surface area contributed by atoms with Crippen LogP contribution in [0.15, 0.2) is 0 Å². The Labute approximate surface area is 89.1 Å². The molecule has 6 heteroatoms. The third kappa shape index (κ3) is 9.17. The first-order chi connectivity index (χ1) is 6.91. The van der Waals surface area contributed by atoms with Crippen LogP contribution in [0.4, 0.5) is 0 Å². The highest BCUT2D eigenvalue weighted by molar-refractivity contribution is 5.69. The van der Waals surface area contributed by atoms with Crippen LogP contribution in [0.5, 0.6) is 0 Å². The van der Waals surface area contributed by atoms with Crippen molar-refractivity contribution in [2.24, 2.45) is 0 Å². The molecule has 0 unspecified atom stereocenters. The molecule has 0 aromatic rings. The van der Waals surface area contributed by atoms with E-state index in [-0.39, 0.29) is 19.5 Å². The average Bonchev–Trinajstić information content (AvgIpc) is 2.08. The highest BCUT2D eigenvalue weighted by Gasteiger charge is 2.11. The number of aliphatic carboxylic acids is 2. The second kappa shape index (κ2) is 7.19. The van der Waals surface area contributed by atoms with Gasteiger partial charge in [-0.05, 0) is 14.1 Å². The average molecular weight is 218 g/mol. The molecule has 0 saturated carbocycles. The summed E-state index contributed by atoms with van der Waals surface area (Å²) in [5.74, 6) is -1.84. The zero-order valence-electron chi connectivity index (χ0n) is 9.14. The van der Waals surface area contributed by atoms with Gasteiger partial charge in [0.25, 0.3) is 0 Å². The molecule has 2 N–H and O–H groups in total. The summed E-state index contributed by atoms with van der Waals surface area (Å²) in [7, 11) is 3.77. The normalized spacial score (nSPS) is 10.9. The van der Waals surface area contributed by atoms with Gasteiger partial charge in [-0.2, -0.15) is 0 Å². The zero-order chi connectivity index (χ0) is 11.8. The molecule has 0 aromatic carbocycles. The van der Waals surface area contributed by atoms with E-state index in [1.54, 1.807) is 4.90 Å². The summed E-state index contributed by atoms with van der Waals surface area (Å²) in [6, 6.07) is 0. The number of hydrogen-bond donors (Lipinski definition) is 2. The topological polar surface area (TPSA) is 81.1 Å². The second-order valence-electron chi connectivity index (χ2n) is 3.62. The van der Waals surface area contributed by atoms with Gasteiger partial charge in [0.2, 0.25) is 0 Å². The third-order valence-corrected chi connectivity index (χ3v) is 1.86. The van der Waals surface area contributed by atoms with Gasteiger partial charge < -0.3 is 15.1 Å². The van der Waals surface area contributed by atoms with Crippen molar-refractivity contribution in [1.82, 2.24) is 9.80 Å². The lowest BCUT2D eigenvalue weighted by Crippen LogP contribution is -2.36. The molecule has 88 valence electrons. The molecule has 0 bridgehead atoms. The molecular weight excluding hydrogens is 200 g/mol. The Morgan fingerprint density at radius 1 is 1.00 bits per heavy atom. The molecule has 6 nitrogen and oxygen atoms in total. The second-order valence-corrected chi connectivity index (χ2v) is 3.62. The minimum Gasteiger partial charge on any atom is -0.481 e. The summed E-state index contributed by atoms with van der Waals surface area (Å²) in [6.45, 7) is 1.44. The van der Waals surface area contributed by atoms with Crippen molar-refractivity contribution < 1.29 is 19.8 Å². The van der Waals surface area contributed by atoms with E-state index in [9.17, 15) is 9.59 Å². The van der Waals surface area contributed by atoms with Crippen molar-refractivity contribution in [3.8, 4) is 0 Å². The largest absolute Gasteiger partial charge is 0.481 e. The van der Waals surface area contributed by atoms with Crippen LogP contribution in [0.1, 0.15) is 6.42 Å². The van der Waals surface area contributed by atoms with E-state index >= 15 is 0 Å². The lowest BCUT2D eigenvalue weighted by atomic mass is 10.3. The molecular formula is C9H18N2O4. The number of carboxylic acids is 2. The molecule has 0 aliphatic carbocycles. The van der Waals surface area contributed by atoms with Gasteiger partial charge in [0.15, 0.2) is 0 Å². The number of likely N-dealkylation sites (N-methyl/N-ethyl adjacent to an activating group) is 1. The van der Waals surface area contributed by atoms with Gasteiger partial charge >= 0.3 is 11.9 Å². The van der Waals surface area contributed by atoms with Crippen LogP contribution in [0.2, 0.25) is 0 Å². The summed E-state index contributed by atoms with van der Waals surface area (Å²) in [5.41, 5.74) is 0. The van der Waals surface area contributed by atoms with E-state index in [1.165, 1.54) is 0 Å². The monoisotopic (exact) mass is 218 g/mol. The predicted molar refractivity (Wildman–Crippen MR) is 54.9 cm³/mol. The van der Waals surface area contributed by atoms with Crippen molar-refractivity contribution in [3.63, 3.8) is 0 Å². The quantitative estimate of drug-likeness (QED) is 0.566. The fraction of sp³-hybridized carbons (Fsp3) is 0.778. The molecule has 0 spiro atoms. The van der Waals surface area contributed by atoms with Crippen molar-refractivity contribution in [3.05, 3.63) is 0 Å². The Morgan fingerprint density at radius 3 is 2.00 bits per heavy atom. The van der Waals surface area contributed by atoms with Crippen LogP contribution in [0.3, 0.4) is 0 Å². The highest BCUT2D eigenvalue weighted by Crippen LogP contribution is 1.93. The van der Waals surface area contributed by atoms with Gasteiger partial charge in [-0.25, -0.2) is 0 Å². The minimum atomic E-state index is -0.931. The Morgan fingerprint density at radius 2 is 1.60 bits per heavy atom. The molecule has 0 aliphatic rings. The first-order valence-electron chi connectivity index (χ1n) is 4.72. The Balaban J connectivity index is 3.94. The number of hydrogen-bond acceptors (Lipinski definition) is 4. The number of carboxylic acid groups (broad SMARTS) is 2. The molecule has 0 aliphatic heterocycles. The molecule has 0 radical (unpaired) electrons. The maximum atomic E-state index is 10.5. The van der Waals surface area contributed by atoms with Crippen LogP contribution in [-0.2, 0) is 9.59 Å². The van der Waals surface area contributed by atoms with Crippen molar-refractivity contribution in [2.45, 2.75) is 6.42 Å². The highest BCUT2D eigenvalue weighted by atomic mass is 16.4. The SMILES string of the molecule is CN(C)CCN(CCC(=O)O)CC(=O)O. The number of rotatable bonds is 8. The molecule has 0 amide bonds. The summed E-state index contributed by atoms with van der Waals surface area (Å²) < 4.78 is 0. The van der Waals surface area contributed by atoms with E-state index in [0.717, 1.165) is 0 Å². The fourth-order valence-corrected chi connectivity index (χ4v) is 1.06. The summed E-state index contributed by atoms with van der Waals surface area (Å²) >= 11 is 0. The van der Waals surface area contributed by atoms with Gasteiger partial charge in [-0.15, -0.1) is 0 Å². The Bertz CT molecular complexity index is 218. The Kier molecular flexibility index (Phi) is 6.64. The lowest BCUT2D eigenvalue weighted by molar-refractivity contribution is -0.141. The van der Waals surface area contributed by atoms with E-state index in [4.69, 9.17) is 10.2 Å². The molecule has 0 fully saturated rings. The van der Waals surface area contributed by atoms with Crippen LogP contribution in [0.25, 0.3) is 0 Å². The fourth-order valence-electron chi connectivity index (χ4n) is 1.06. The predicted octanol–water partition coefficient (Wildman–Crippen LogP) is -0.591. The van der Waals surface area contributed by atoms with Crippen molar-refractivity contribution in [1.29, 1.82) is 0 Å². The van der Waals surface area contributed by atoms with Gasteiger partial charge in [0, 0.05) is 19.6 Å². The Hall–Kier alpha value is -1.14. The smallest absolute Gasteiger partial charge is 0.317 e. The van der Waals surface area contributed by atoms with Crippen LogP contribution >= 0.6 is 0 Å². The summed E-state index contributed by atoms with van der Waals surface area (Å²) in [4.78, 5) is 24.4. The van der Waals surface area contributed by atoms with E-state index in [2.05, 4.69) is 0 Å². The summed E-state index contributed by atoms with van der Waals surface area (Å²) in [6.07, 6.45) is -0.0271. The van der Waals surface area contributed by atoms with Gasteiger partial charge in [0.1, 0.15) is 0 Å². The van der Waals surface area contributed by atoms with Crippen molar-refractivity contribution >= 4 is 11.9 Å². The molecule has 0 heterocycles. The molecule has 0 aromatic heterocycles. The minimum absolute atomic E-state index is 0.0271. The van der Waals surface area contributed by atoms with Gasteiger partial charge in [0.05, 0.1) is 13.0 Å². The number of nitrogens with zero attached hydrogens (tertiary/aromatic N) is 2. The maximum Gasteiger partial charge on any atom is 0.317 e. The van der Waals surface area contributed by atoms with E-state index in [1.807, 2.05) is 19.0 Å². The van der Waals surface area contributed by atoms with Gasteiger partial charge in [-0.1, -0.05) is 0 Å². The van der Waals surface area contributed by atoms with Crippen molar-refractivity contribution in [2.75, 3.05) is 40.3 Å². The summed E-state index contributed by atoms with van der Waals surface area (Å²) in [5, 5.41) is 17.1. The third-order valence-electron chi connectivity index (χ3n) is 1.86. The van der Waals surface area contributed by atoms with Gasteiger partial charge in [-0.3, -0.25) is 14.5 Å². The molecule has 0 saturated heterocycles. The van der Waals surface area contributed by atoms with E-state index in [0.29, 0.717) is 13.1 Å². The number of carbonyl (C=O) groups is 2. The van der Waals surface area contributed by atoms with Crippen LogP contribution in [-0.4, -0.2) is 72.2 Å².